The van der Waals surface area contributed by atoms with Crippen LogP contribution in [-0.4, -0.2) is 25.7 Å². The standard InChI is InChI=1S/C19H23NO4/c1-4-23-17-7-5-15(6-8-17)13-20-19(21)14(2)24-18-11-9-16(22-3)10-12-18/h5-12,14H,4,13H2,1-3H3,(H,20,21). The first-order valence-electron chi connectivity index (χ1n) is 7.92. The van der Waals surface area contributed by atoms with E-state index in [0.717, 1.165) is 17.1 Å². The molecule has 1 atom stereocenters. The summed E-state index contributed by atoms with van der Waals surface area (Å²) < 4.78 is 16.1. The van der Waals surface area contributed by atoms with Crippen LogP contribution in [0.15, 0.2) is 48.5 Å². The molecule has 5 heteroatoms. The van der Waals surface area contributed by atoms with Gasteiger partial charge in [0.1, 0.15) is 17.2 Å². The van der Waals surface area contributed by atoms with Gasteiger partial charge in [0.25, 0.3) is 5.91 Å². The van der Waals surface area contributed by atoms with E-state index < -0.39 is 6.10 Å². The molecule has 0 spiro atoms. The van der Waals surface area contributed by atoms with Crippen molar-refractivity contribution in [3.63, 3.8) is 0 Å². The van der Waals surface area contributed by atoms with E-state index in [1.54, 1.807) is 38.3 Å². The van der Waals surface area contributed by atoms with E-state index in [0.29, 0.717) is 18.9 Å². The monoisotopic (exact) mass is 329 g/mol. The van der Waals surface area contributed by atoms with Crippen LogP contribution < -0.4 is 19.5 Å². The van der Waals surface area contributed by atoms with Crippen molar-refractivity contribution in [1.82, 2.24) is 5.32 Å². The predicted molar refractivity (Wildman–Crippen MR) is 92.5 cm³/mol. The molecule has 0 aliphatic rings. The summed E-state index contributed by atoms with van der Waals surface area (Å²) in [4.78, 5) is 12.1. The van der Waals surface area contributed by atoms with Gasteiger partial charge in [-0.1, -0.05) is 12.1 Å². The first kappa shape index (κ1) is 17.7. The Hall–Kier alpha value is -2.69. The number of hydrogen-bond acceptors (Lipinski definition) is 4. The normalized spacial score (nSPS) is 11.5. The maximum Gasteiger partial charge on any atom is 0.261 e. The van der Waals surface area contributed by atoms with Crippen molar-refractivity contribution in [2.45, 2.75) is 26.5 Å². The Morgan fingerprint density at radius 2 is 1.58 bits per heavy atom. The Bertz CT molecular complexity index is 637. The zero-order valence-electron chi connectivity index (χ0n) is 14.2. The highest BCUT2D eigenvalue weighted by Gasteiger charge is 2.14. The second kappa shape index (κ2) is 8.82. The van der Waals surface area contributed by atoms with Crippen molar-refractivity contribution < 1.29 is 19.0 Å². The molecule has 0 heterocycles. The third kappa shape index (κ3) is 5.19. The van der Waals surface area contributed by atoms with Crippen molar-refractivity contribution in [1.29, 1.82) is 0 Å². The van der Waals surface area contributed by atoms with Crippen LogP contribution in [0.5, 0.6) is 17.2 Å². The third-order valence-corrected chi connectivity index (χ3v) is 3.44. The average Bonchev–Trinajstić information content (AvgIpc) is 2.61. The minimum atomic E-state index is -0.582. The van der Waals surface area contributed by atoms with Crippen molar-refractivity contribution in [3.8, 4) is 17.2 Å². The van der Waals surface area contributed by atoms with Gasteiger partial charge in [0.05, 0.1) is 13.7 Å². The van der Waals surface area contributed by atoms with Gasteiger partial charge in [-0.2, -0.15) is 0 Å². The van der Waals surface area contributed by atoms with Crippen LogP contribution >= 0.6 is 0 Å². The van der Waals surface area contributed by atoms with E-state index in [9.17, 15) is 4.79 Å². The Morgan fingerprint density at radius 3 is 2.17 bits per heavy atom. The maximum absolute atomic E-state index is 12.1. The Balaban J connectivity index is 1.82. The lowest BCUT2D eigenvalue weighted by atomic mass is 10.2. The summed E-state index contributed by atoms with van der Waals surface area (Å²) in [5, 5.41) is 2.86. The molecule has 2 aromatic carbocycles. The number of amides is 1. The number of rotatable bonds is 8. The lowest BCUT2D eigenvalue weighted by Crippen LogP contribution is -2.35. The molecule has 128 valence electrons. The number of hydrogen-bond donors (Lipinski definition) is 1. The fourth-order valence-electron chi connectivity index (χ4n) is 2.12. The Morgan fingerprint density at radius 1 is 1.00 bits per heavy atom. The van der Waals surface area contributed by atoms with Gasteiger partial charge in [-0.25, -0.2) is 0 Å². The van der Waals surface area contributed by atoms with E-state index >= 15 is 0 Å². The molecule has 0 aliphatic carbocycles. The van der Waals surface area contributed by atoms with Gasteiger partial charge in [-0.05, 0) is 55.8 Å². The minimum absolute atomic E-state index is 0.167. The van der Waals surface area contributed by atoms with E-state index in [-0.39, 0.29) is 5.91 Å². The number of benzene rings is 2. The fourth-order valence-corrected chi connectivity index (χ4v) is 2.12. The molecule has 0 radical (unpaired) electrons. The Labute approximate surface area is 142 Å². The molecule has 0 fully saturated rings. The summed E-state index contributed by atoms with van der Waals surface area (Å²) in [5.74, 6) is 2.03. The number of methoxy groups -OCH3 is 1. The predicted octanol–water partition coefficient (Wildman–Crippen LogP) is 3.18. The number of carbonyl (C=O) groups excluding carboxylic acids is 1. The molecular formula is C19H23NO4. The number of ether oxygens (including phenoxy) is 3. The summed E-state index contributed by atoms with van der Waals surface area (Å²) in [6.45, 7) is 4.74. The number of carbonyl (C=O) groups is 1. The Kier molecular flexibility index (Phi) is 6.49. The van der Waals surface area contributed by atoms with Crippen LogP contribution in [-0.2, 0) is 11.3 Å². The smallest absolute Gasteiger partial charge is 0.261 e. The van der Waals surface area contributed by atoms with Gasteiger partial charge >= 0.3 is 0 Å². The summed E-state index contributed by atoms with van der Waals surface area (Å²) in [5.41, 5.74) is 1.00. The third-order valence-electron chi connectivity index (χ3n) is 3.44. The zero-order chi connectivity index (χ0) is 17.4. The zero-order valence-corrected chi connectivity index (χ0v) is 14.2. The molecule has 1 unspecified atom stereocenters. The second-order valence-electron chi connectivity index (χ2n) is 5.23. The topological polar surface area (TPSA) is 56.8 Å². The summed E-state index contributed by atoms with van der Waals surface area (Å²) >= 11 is 0. The largest absolute Gasteiger partial charge is 0.497 e. The molecule has 0 bridgehead atoms. The lowest BCUT2D eigenvalue weighted by Gasteiger charge is -2.15. The molecule has 2 aromatic rings. The van der Waals surface area contributed by atoms with Gasteiger partial charge < -0.3 is 19.5 Å². The highest BCUT2D eigenvalue weighted by Crippen LogP contribution is 2.18. The fraction of sp³-hybridized carbons (Fsp3) is 0.316. The number of nitrogens with one attached hydrogen (secondary N) is 1. The van der Waals surface area contributed by atoms with Crippen LogP contribution in [0.25, 0.3) is 0 Å². The molecule has 0 aromatic heterocycles. The van der Waals surface area contributed by atoms with E-state index in [1.807, 2.05) is 31.2 Å². The SMILES string of the molecule is CCOc1ccc(CNC(=O)C(C)Oc2ccc(OC)cc2)cc1. The van der Waals surface area contributed by atoms with Crippen LogP contribution in [0.4, 0.5) is 0 Å². The van der Waals surface area contributed by atoms with Crippen LogP contribution in [0.2, 0.25) is 0 Å². The molecule has 0 saturated carbocycles. The van der Waals surface area contributed by atoms with Gasteiger partial charge in [0, 0.05) is 6.54 Å². The van der Waals surface area contributed by atoms with E-state index in [4.69, 9.17) is 14.2 Å². The van der Waals surface area contributed by atoms with Gasteiger partial charge in [-0.3, -0.25) is 4.79 Å². The maximum atomic E-state index is 12.1. The van der Waals surface area contributed by atoms with E-state index in [2.05, 4.69) is 5.32 Å². The molecule has 24 heavy (non-hydrogen) atoms. The molecule has 0 saturated heterocycles. The van der Waals surface area contributed by atoms with Crippen molar-refractivity contribution in [2.24, 2.45) is 0 Å². The van der Waals surface area contributed by atoms with Crippen molar-refractivity contribution in [2.75, 3.05) is 13.7 Å². The van der Waals surface area contributed by atoms with Crippen molar-refractivity contribution >= 4 is 5.91 Å². The minimum Gasteiger partial charge on any atom is -0.497 e. The second-order valence-corrected chi connectivity index (χ2v) is 5.23. The molecule has 1 N–H and O–H groups in total. The van der Waals surface area contributed by atoms with E-state index in [1.165, 1.54) is 0 Å². The first-order chi connectivity index (χ1) is 11.6. The average molecular weight is 329 g/mol. The molecule has 2 rings (SSSR count). The summed E-state index contributed by atoms with van der Waals surface area (Å²) in [7, 11) is 1.60. The van der Waals surface area contributed by atoms with Crippen molar-refractivity contribution in [3.05, 3.63) is 54.1 Å². The molecular weight excluding hydrogens is 306 g/mol. The quantitative estimate of drug-likeness (QED) is 0.808. The lowest BCUT2D eigenvalue weighted by molar-refractivity contribution is -0.127. The van der Waals surface area contributed by atoms with Crippen LogP contribution in [0, 0.1) is 0 Å². The van der Waals surface area contributed by atoms with Gasteiger partial charge in [0.2, 0.25) is 0 Å². The van der Waals surface area contributed by atoms with Gasteiger partial charge in [0.15, 0.2) is 6.10 Å². The molecule has 0 aliphatic heterocycles. The van der Waals surface area contributed by atoms with Crippen LogP contribution in [0.1, 0.15) is 19.4 Å². The van der Waals surface area contributed by atoms with Crippen LogP contribution in [0.3, 0.4) is 0 Å². The highest BCUT2D eigenvalue weighted by atomic mass is 16.5. The summed E-state index contributed by atoms with van der Waals surface area (Å²) in [6.07, 6.45) is -0.582. The highest BCUT2D eigenvalue weighted by molar-refractivity contribution is 5.80. The first-order valence-corrected chi connectivity index (χ1v) is 7.92. The molecule has 1 amide bonds. The van der Waals surface area contributed by atoms with Gasteiger partial charge in [-0.15, -0.1) is 0 Å². The molecule has 5 nitrogen and oxygen atoms in total. The summed E-state index contributed by atoms with van der Waals surface area (Å²) in [6, 6.07) is 14.8.